The highest BCUT2D eigenvalue weighted by atomic mass is 127. The van der Waals surface area contributed by atoms with Gasteiger partial charge in [0.05, 0.1) is 11.5 Å². The average Bonchev–Trinajstić information content (AvgIpc) is 3.52. The molecule has 2 aromatic rings. The Bertz CT molecular complexity index is 869. The fraction of sp³-hybridized carbons (Fsp3) is 0.381. The highest BCUT2D eigenvalue weighted by Crippen LogP contribution is 2.30. The van der Waals surface area contributed by atoms with Crippen LogP contribution in [0.3, 0.4) is 0 Å². The first kappa shape index (κ1) is 22.9. The van der Waals surface area contributed by atoms with Gasteiger partial charge in [-0.3, -0.25) is 15.1 Å². The van der Waals surface area contributed by atoms with Crippen LogP contribution in [0.2, 0.25) is 0 Å². The Kier molecular flexibility index (Phi) is 8.69. The van der Waals surface area contributed by atoms with Gasteiger partial charge in [0, 0.05) is 37.8 Å². The summed E-state index contributed by atoms with van der Waals surface area (Å²) in [4.78, 5) is 14.7. The first-order chi connectivity index (χ1) is 13.5. The quantitative estimate of drug-likeness (QED) is 0.183. The van der Waals surface area contributed by atoms with Crippen molar-refractivity contribution in [3.05, 3.63) is 69.3 Å². The van der Waals surface area contributed by atoms with Gasteiger partial charge >= 0.3 is 0 Å². The summed E-state index contributed by atoms with van der Waals surface area (Å²) in [5.74, 6) is 2.24. The predicted octanol–water partition coefficient (Wildman–Crippen LogP) is 4.18. The van der Waals surface area contributed by atoms with Crippen LogP contribution in [0, 0.1) is 23.0 Å². The molecule has 0 aliphatic heterocycles. The van der Waals surface area contributed by atoms with Crippen molar-refractivity contribution in [3.8, 4) is 5.75 Å². The molecule has 0 saturated heterocycles. The molecule has 1 aliphatic carbocycles. The minimum absolute atomic E-state index is 0. The number of rotatable bonds is 8. The monoisotopic (exact) mass is 510 g/mol. The van der Waals surface area contributed by atoms with E-state index >= 15 is 0 Å². The molecule has 2 N–H and O–H groups in total. The lowest BCUT2D eigenvalue weighted by molar-refractivity contribution is -0.384. The summed E-state index contributed by atoms with van der Waals surface area (Å²) in [5, 5.41) is 17.4. The number of benzene rings is 2. The van der Waals surface area contributed by atoms with Crippen molar-refractivity contribution in [2.45, 2.75) is 32.9 Å². The molecule has 29 heavy (non-hydrogen) atoms. The molecule has 0 atom stereocenters. The largest absolute Gasteiger partial charge is 0.493 e. The molecule has 156 valence electrons. The zero-order valence-electron chi connectivity index (χ0n) is 16.7. The molecule has 0 bridgehead atoms. The van der Waals surface area contributed by atoms with Crippen LogP contribution in [-0.4, -0.2) is 24.5 Å². The molecule has 0 unspecified atom stereocenters. The fourth-order valence-electron chi connectivity index (χ4n) is 2.80. The van der Waals surface area contributed by atoms with E-state index in [1.807, 2.05) is 6.07 Å². The molecule has 0 radical (unpaired) electrons. The van der Waals surface area contributed by atoms with Crippen molar-refractivity contribution in [2.24, 2.45) is 10.9 Å². The number of halogens is 1. The van der Waals surface area contributed by atoms with Crippen LogP contribution in [-0.2, 0) is 13.1 Å². The lowest BCUT2D eigenvalue weighted by Gasteiger charge is -2.15. The molecule has 1 saturated carbocycles. The number of nitro groups is 1. The number of ether oxygens (including phenoxy) is 1. The summed E-state index contributed by atoms with van der Waals surface area (Å²) < 4.78 is 6.01. The van der Waals surface area contributed by atoms with Crippen LogP contribution in [0.15, 0.2) is 47.5 Å². The number of nitrogens with one attached hydrogen (secondary N) is 2. The maximum Gasteiger partial charge on any atom is 0.269 e. The predicted molar refractivity (Wildman–Crippen MR) is 125 cm³/mol. The van der Waals surface area contributed by atoms with E-state index < -0.39 is 4.92 Å². The molecule has 0 aromatic heterocycles. The summed E-state index contributed by atoms with van der Waals surface area (Å²) in [6, 6.07) is 12.8. The second-order valence-corrected chi connectivity index (χ2v) is 7.07. The Hall–Kier alpha value is -2.36. The summed E-state index contributed by atoms with van der Waals surface area (Å²) in [6.07, 6.45) is 2.52. The number of guanidine groups is 1. The van der Waals surface area contributed by atoms with Crippen molar-refractivity contribution in [3.63, 3.8) is 0 Å². The molecule has 8 heteroatoms. The lowest BCUT2D eigenvalue weighted by Crippen LogP contribution is -2.36. The molecule has 2 aromatic carbocycles. The number of non-ortho nitro benzene ring substituents is 1. The third-order valence-corrected chi connectivity index (χ3v) is 4.65. The van der Waals surface area contributed by atoms with Crippen LogP contribution in [0.5, 0.6) is 5.75 Å². The van der Waals surface area contributed by atoms with E-state index in [0.717, 1.165) is 23.5 Å². The third kappa shape index (κ3) is 7.19. The van der Waals surface area contributed by atoms with Gasteiger partial charge < -0.3 is 15.4 Å². The van der Waals surface area contributed by atoms with Crippen LogP contribution < -0.4 is 15.4 Å². The Morgan fingerprint density at radius 3 is 2.66 bits per heavy atom. The summed E-state index contributed by atoms with van der Waals surface area (Å²) in [7, 11) is 1.70. The Morgan fingerprint density at radius 1 is 1.21 bits per heavy atom. The van der Waals surface area contributed by atoms with Gasteiger partial charge in [-0.05, 0) is 42.9 Å². The zero-order chi connectivity index (χ0) is 19.9. The minimum atomic E-state index is -0.392. The van der Waals surface area contributed by atoms with Crippen molar-refractivity contribution in [1.82, 2.24) is 10.6 Å². The second kappa shape index (κ2) is 11.0. The lowest BCUT2D eigenvalue weighted by atomic mass is 10.1. The Balaban J connectivity index is 0.00000300. The topological polar surface area (TPSA) is 88.8 Å². The molecular weight excluding hydrogens is 483 g/mol. The molecule has 0 spiro atoms. The SMILES string of the molecule is CN=C(NCc1cccc([N+](=O)[O-])c1)NCc1ccc(C)cc1OCC1CC1.I. The molecule has 3 rings (SSSR count). The first-order valence-electron chi connectivity index (χ1n) is 9.45. The van der Waals surface area contributed by atoms with Gasteiger partial charge in [0.1, 0.15) is 5.75 Å². The highest BCUT2D eigenvalue weighted by molar-refractivity contribution is 14.0. The maximum atomic E-state index is 10.9. The maximum absolute atomic E-state index is 10.9. The Labute approximate surface area is 188 Å². The van der Waals surface area contributed by atoms with Crippen LogP contribution in [0.1, 0.15) is 29.5 Å². The van der Waals surface area contributed by atoms with Crippen molar-refractivity contribution >= 4 is 35.6 Å². The number of nitro benzene ring substituents is 1. The molecule has 1 fully saturated rings. The molecule has 1 aliphatic rings. The zero-order valence-corrected chi connectivity index (χ0v) is 19.0. The molecule has 7 nitrogen and oxygen atoms in total. The van der Waals surface area contributed by atoms with Crippen LogP contribution >= 0.6 is 24.0 Å². The van der Waals surface area contributed by atoms with E-state index in [2.05, 4.69) is 40.7 Å². The van der Waals surface area contributed by atoms with E-state index in [1.54, 1.807) is 19.2 Å². The first-order valence-corrected chi connectivity index (χ1v) is 9.45. The number of hydrogen-bond donors (Lipinski definition) is 2. The third-order valence-electron chi connectivity index (χ3n) is 4.65. The van der Waals surface area contributed by atoms with E-state index in [-0.39, 0.29) is 29.7 Å². The van der Waals surface area contributed by atoms with Gasteiger partial charge in [0.15, 0.2) is 5.96 Å². The molecular formula is C21H27IN4O3. The Morgan fingerprint density at radius 2 is 1.97 bits per heavy atom. The highest BCUT2D eigenvalue weighted by Gasteiger charge is 2.22. The summed E-state index contributed by atoms with van der Waals surface area (Å²) in [6.45, 7) is 3.85. The fourth-order valence-corrected chi connectivity index (χ4v) is 2.80. The van der Waals surface area contributed by atoms with Crippen molar-refractivity contribution in [1.29, 1.82) is 0 Å². The number of hydrogen-bond acceptors (Lipinski definition) is 4. The van der Waals surface area contributed by atoms with E-state index in [9.17, 15) is 10.1 Å². The van der Waals surface area contributed by atoms with Crippen molar-refractivity contribution in [2.75, 3.05) is 13.7 Å². The van der Waals surface area contributed by atoms with Gasteiger partial charge in [0.2, 0.25) is 0 Å². The normalized spacial score (nSPS) is 13.4. The van der Waals surface area contributed by atoms with Gasteiger partial charge in [-0.25, -0.2) is 0 Å². The number of nitrogens with zero attached hydrogens (tertiary/aromatic N) is 2. The van der Waals surface area contributed by atoms with Crippen LogP contribution in [0.25, 0.3) is 0 Å². The van der Waals surface area contributed by atoms with Crippen molar-refractivity contribution < 1.29 is 9.66 Å². The molecule has 0 heterocycles. The summed E-state index contributed by atoms with van der Waals surface area (Å²) >= 11 is 0. The summed E-state index contributed by atoms with van der Waals surface area (Å²) in [5.41, 5.74) is 3.15. The smallest absolute Gasteiger partial charge is 0.269 e. The second-order valence-electron chi connectivity index (χ2n) is 7.07. The number of aryl methyl sites for hydroxylation is 1. The minimum Gasteiger partial charge on any atom is -0.493 e. The van der Waals surface area contributed by atoms with Gasteiger partial charge in [-0.2, -0.15) is 0 Å². The standard InChI is InChI=1S/C21H26N4O3.HI/c1-15-6-9-18(20(10-15)28-14-16-7-8-16)13-24-21(22-2)23-12-17-4-3-5-19(11-17)25(26)27;/h3-6,9-11,16H,7-8,12-14H2,1-2H3,(H2,22,23,24);1H. The van der Waals surface area contributed by atoms with Gasteiger partial charge in [-0.1, -0.05) is 24.3 Å². The van der Waals surface area contributed by atoms with Gasteiger partial charge in [0.25, 0.3) is 5.69 Å². The average molecular weight is 510 g/mol. The van der Waals surface area contributed by atoms with Gasteiger partial charge in [-0.15, -0.1) is 24.0 Å². The van der Waals surface area contributed by atoms with E-state index in [1.165, 1.54) is 24.5 Å². The van der Waals surface area contributed by atoms with E-state index in [4.69, 9.17) is 4.74 Å². The molecule has 0 amide bonds. The van der Waals surface area contributed by atoms with Crippen LogP contribution in [0.4, 0.5) is 5.69 Å². The number of aliphatic imine (C=N–C) groups is 1. The van der Waals surface area contributed by atoms with E-state index in [0.29, 0.717) is 25.0 Å².